The molecule has 5 heteroatoms. The summed E-state index contributed by atoms with van der Waals surface area (Å²) in [6.45, 7) is 6.58. The highest BCUT2D eigenvalue weighted by Crippen LogP contribution is 2.19. The first-order valence-corrected chi connectivity index (χ1v) is 6.64. The number of hydrogen-bond donors (Lipinski definition) is 1. The minimum atomic E-state index is -0.495. The van der Waals surface area contributed by atoms with Crippen LogP contribution in [0, 0.1) is 11.7 Å². The van der Waals surface area contributed by atoms with Crippen molar-refractivity contribution in [3.63, 3.8) is 0 Å². The number of amides is 1. The fraction of sp³-hybridized carbons (Fsp3) is 0.500. The van der Waals surface area contributed by atoms with Gasteiger partial charge in [-0.2, -0.15) is 0 Å². The van der Waals surface area contributed by atoms with Gasteiger partial charge in [-0.1, -0.05) is 25.4 Å². The summed E-state index contributed by atoms with van der Waals surface area (Å²) in [5.41, 5.74) is 0.502. The third-order valence-electron chi connectivity index (χ3n) is 3.26. The van der Waals surface area contributed by atoms with Crippen molar-refractivity contribution in [3.05, 3.63) is 29.0 Å². The lowest BCUT2D eigenvalue weighted by Gasteiger charge is -2.27. The van der Waals surface area contributed by atoms with Gasteiger partial charge in [0.2, 0.25) is 5.91 Å². The Morgan fingerprint density at radius 2 is 2.05 bits per heavy atom. The third-order valence-corrected chi connectivity index (χ3v) is 3.55. The molecule has 0 spiro atoms. The van der Waals surface area contributed by atoms with E-state index in [1.807, 2.05) is 11.9 Å². The predicted octanol–water partition coefficient (Wildman–Crippen LogP) is 3.39. The highest BCUT2D eigenvalue weighted by molar-refractivity contribution is 6.31. The number of nitrogens with zero attached hydrogens (tertiary/aromatic N) is 1. The molecule has 1 aromatic carbocycles. The quantitative estimate of drug-likeness (QED) is 0.900. The van der Waals surface area contributed by atoms with Crippen molar-refractivity contribution in [1.29, 1.82) is 0 Å². The number of carbonyl (C=O) groups excluding carboxylic acids is 1. The second-order valence-electron chi connectivity index (χ2n) is 5.08. The summed E-state index contributed by atoms with van der Waals surface area (Å²) in [5, 5.41) is 2.70. The number of anilines is 1. The summed E-state index contributed by atoms with van der Waals surface area (Å²) in [4.78, 5) is 13.8. The van der Waals surface area contributed by atoms with Crippen LogP contribution in [0.3, 0.4) is 0 Å². The number of rotatable bonds is 5. The molecular formula is C14H20ClFN2O. The minimum Gasteiger partial charge on any atom is -0.325 e. The lowest BCUT2D eigenvalue weighted by atomic mass is 10.1. The number of benzene rings is 1. The van der Waals surface area contributed by atoms with Crippen LogP contribution < -0.4 is 5.32 Å². The normalized spacial score (nSPS) is 12.8. The average molecular weight is 287 g/mol. The first-order chi connectivity index (χ1) is 8.81. The first kappa shape index (κ1) is 15.9. The Kier molecular flexibility index (Phi) is 5.76. The standard InChI is InChI=1S/C14H20ClFN2O/c1-9(2)10(3)18(4)8-14(19)17-11-5-6-13(16)12(15)7-11/h5-7,9-10H,8H2,1-4H3,(H,17,19). The van der Waals surface area contributed by atoms with Gasteiger partial charge >= 0.3 is 0 Å². The van der Waals surface area contributed by atoms with Crippen LogP contribution in [-0.2, 0) is 4.79 Å². The topological polar surface area (TPSA) is 32.3 Å². The summed E-state index contributed by atoms with van der Waals surface area (Å²) in [7, 11) is 1.90. The molecular weight excluding hydrogens is 267 g/mol. The monoisotopic (exact) mass is 286 g/mol. The van der Waals surface area contributed by atoms with Gasteiger partial charge < -0.3 is 5.32 Å². The molecule has 1 unspecified atom stereocenters. The highest BCUT2D eigenvalue weighted by Gasteiger charge is 2.16. The van der Waals surface area contributed by atoms with Gasteiger partial charge in [0, 0.05) is 11.7 Å². The lowest BCUT2D eigenvalue weighted by molar-refractivity contribution is -0.117. The van der Waals surface area contributed by atoms with E-state index in [0.717, 1.165) is 0 Å². The maximum Gasteiger partial charge on any atom is 0.238 e. The van der Waals surface area contributed by atoms with Crippen LogP contribution in [0.5, 0.6) is 0 Å². The lowest BCUT2D eigenvalue weighted by Crippen LogP contribution is -2.39. The second-order valence-corrected chi connectivity index (χ2v) is 5.48. The summed E-state index contributed by atoms with van der Waals surface area (Å²) < 4.78 is 13.0. The maximum atomic E-state index is 13.0. The van der Waals surface area contributed by atoms with E-state index in [1.165, 1.54) is 18.2 Å². The Morgan fingerprint density at radius 1 is 1.42 bits per heavy atom. The number of nitrogens with one attached hydrogen (secondary N) is 1. The van der Waals surface area contributed by atoms with E-state index in [-0.39, 0.29) is 17.5 Å². The molecule has 0 fully saturated rings. The van der Waals surface area contributed by atoms with E-state index in [2.05, 4.69) is 26.1 Å². The van der Waals surface area contributed by atoms with Crippen molar-refractivity contribution in [2.45, 2.75) is 26.8 Å². The van der Waals surface area contributed by atoms with E-state index in [0.29, 0.717) is 17.6 Å². The maximum absolute atomic E-state index is 13.0. The van der Waals surface area contributed by atoms with Gasteiger partial charge in [0.15, 0.2) is 0 Å². The van der Waals surface area contributed by atoms with Gasteiger partial charge in [0.05, 0.1) is 11.6 Å². The van der Waals surface area contributed by atoms with Crippen LogP contribution >= 0.6 is 11.6 Å². The van der Waals surface area contributed by atoms with E-state index < -0.39 is 5.82 Å². The van der Waals surface area contributed by atoms with Gasteiger partial charge in [-0.25, -0.2) is 4.39 Å². The van der Waals surface area contributed by atoms with Crippen LogP contribution in [0.1, 0.15) is 20.8 Å². The largest absolute Gasteiger partial charge is 0.325 e. The Morgan fingerprint density at radius 3 is 2.58 bits per heavy atom. The second kappa shape index (κ2) is 6.87. The Hall–Kier alpha value is -1.13. The van der Waals surface area contributed by atoms with Crippen LogP contribution in [0.4, 0.5) is 10.1 Å². The molecule has 1 amide bonds. The zero-order chi connectivity index (χ0) is 14.6. The molecule has 1 N–H and O–H groups in total. The van der Waals surface area contributed by atoms with Crippen molar-refractivity contribution in [3.8, 4) is 0 Å². The van der Waals surface area contributed by atoms with Crippen molar-refractivity contribution in [2.75, 3.05) is 18.9 Å². The molecule has 1 atom stereocenters. The molecule has 0 aliphatic carbocycles. The summed E-state index contributed by atoms with van der Waals surface area (Å²) in [5.74, 6) is -0.166. The molecule has 3 nitrogen and oxygen atoms in total. The van der Waals surface area contributed by atoms with E-state index in [1.54, 1.807) is 0 Å². The summed E-state index contributed by atoms with van der Waals surface area (Å²) in [6.07, 6.45) is 0. The van der Waals surface area contributed by atoms with E-state index in [9.17, 15) is 9.18 Å². The molecule has 0 bridgehead atoms. The van der Waals surface area contributed by atoms with E-state index >= 15 is 0 Å². The molecule has 19 heavy (non-hydrogen) atoms. The molecule has 0 saturated heterocycles. The van der Waals surface area contributed by atoms with Crippen molar-refractivity contribution >= 4 is 23.2 Å². The Balaban J connectivity index is 2.58. The molecule has 0 aromatic heterocycles. The number of carbonyl (C=O) groups is 1. The number of hydrogen-bond acceptors (Lipinski definition) is 2. The zero-order valence-electron chi connectivity index (χ0n) is 11.7. The minimum absolute atomic E-state index is 0.00158. The molecule has 1 aromatic rings. The predicted molar refractivity (Wildman–Crippen MR) is 77.0 cm³/mol. The third kappa shape index (κ3) is 4.80. The molecule has 1 rings (SSSR count). The van der Waals surface area contributed by atoms with Crippen LogP contribution in [-0.4, -0.2) is 30.4 Å². The van der Waals surface area contributed by atoms with Gasteiger partial charge in [0.25, 0.3) is 0 Å². The SMILES string of the molecule is CC(C)C(C)N(C)CC(=O)Nc1ccc(F)c(Cl)c1. The van der Waals surface area contributed by atoms with Gasteiger partial charge in [-0.05, 0) is 38.1 Å². The van der Waals surface area contributed by atoms with Crippen LogP contribution in [0.15, 0.2) is 18.2 Å². The number of halogens is 2. The summed E-state index contributed by atoms with van der Waals surface area (Å²) in [6, 6.07) is 4.44. The van der Waals surface area contributed by atoms with Gasteiger partial charge in [0.1, 0.15) is 5.82 Å². The van der Waals surface area contributed by atoms with Crippen molar-refractivity contribution < 1.29 is 9.18 Å². The summed E-state index contributed by atoms with van der Waals surface area (Å²) >= 11 is 5.66. The van der Waals surface area contributed by atoms with Crippen molar-refractivity contribution in [1.82, 2.24) is 4.90 Å². The molecule has 0 aliphatic heterocycles. The fourth-order valence-corrected chi connectivity index (χ4v) is 1.83. The van der Waals surface area contributed by atoms with Crippen molar-refractivity contribution in [2.24, 2.45) is 5.92 Å². The first-order valence-electron chi connectivity index (χ1n) is 6.26. The fourth-order valence-electron chi connectivity index (χ4n) is 1.65. The highest BCUT2D eigenvalue weighted by atomic mass is 35.5. The van der Waals surface area contributed by atoms with Gasteiger partial charge in [-0.3, -0.25) is 9.69 Å². The molecule has 0 saturated carbocycles. The molecule has 106 valence electrons. The van der Waals surface area contributed by atoms with Crippen LogP contribution in [0.2, 0.25) is 5.02 Å². The molecule has 0 radical (unpaired) electrons. The Labute approximate surface area is 118 Å². The zero-order valence-corrected chi connectivity index (χ0v) is 12.5. The number of likely N-dealkylation sites (N-methyl/N-ethyl adjacent to an activating group) is 1. The van der Waals surface area contributed by atoms with Gasteiger partial charge in [-0.15, -0.1) is 0 Å². The van der Waals surface area contributed by atoms with E-state index in [4.69, 9.17) is 11.6 Å². The average Bonchev–Trinajstić information content (AvgIpc) is 2.32. The smallest absolute Gasteiger partial charge is 0.238 e. The molecule has 0 heterocycles. The Bertz CT molecular complexity index is 451. The molecule has 0 aliphatic rings. The van der Waals surface area contributed by atoms with Crippen LogP contribution in [0.25, 0.3) is 0 Å².